The van der Waals surface area contributed by atoms with E-state index in [2.05, 4.69) is 12.1 Å². The molecule has 0 aliphatic rings. The molecule has 0 amide bonds. The number of methoxy groups -OCH3 is 1. The van der Waals surface area contributed by atoms with Gasteiger partial charge in [-0.15, -0.1) is 11.6 Å². The normalized spacial score (nSPS) is 9.41. The second-order valence-corrected chi connectivity index (χ2v) is 6.30. The molecule has 0 fully saturated rings. The number of hydrazine groups is 1. The van der Waals surface area contributed by atoms with E-state index in [0.29, 0.717) is 23.6 Å². The zero-order chi connectivity index (χ0) is 21.1. The Hall–Kier alpha value is -3.51. The molecular weight excluding hydrogens is 384 g/mol. The first-order valence-electron chi connectivity index (χ1n) is 8.80. The Kier molecular flexibility index (Phi) is 8.53. The highest BCUT2D eigenvalue weighted by Gasteiger charge is 2.03. The predicted octanol–water partition coefficient (Wildman–Crippen LogP) is 4.74. The van der Waals surface area contributed by atoms with Crippen LogP contribution in [0.3, 0.4) is 0 Å². The van der Waals surface area contributed by atoms with Gasteiger partial charge in [0.2, 0.25) is 0 Å². The smallest absolute Gasteiger partial charge is 0.119 e. The number of halogens is 1. The van der Waals surface area contributed by atoms with Crippen molar-refractivity contribution in [1.29, 1.82) is 10.5 Å². The Balaban J connectivity index is 0.000000253. The monoisotopic (exact) mass is 404 g/mol. The van der Waals surface area contributed by atoms with Gasteiger partial charge in [0.25, 0.3) is 0 Å². The van der Waals surface area contributed by atoms with Gasteiger partial charge in [-0.05, 0) is 53.6 Å². The minimum atomic E-state index is 0.406. The van der Waals surface area contributed by atoms with Crippen molar-refractivity contribution in [3.05, 3.63) is 95.1 Å². The fraction of sp³-hybridized carbons (Fsp3) is 0.130. The summed E-state index contributed by atoms with van der Waals surface area (Å²) in [6.07, 6.45) is 0. The fourth-order valence-corrected chi connectivity index (χ4v) is 2.73. The van der Waals surface area contributed by atoms with Crippen LogP contribution in [0.4, 0.5) is 5.69 Å². The van der Waals surface area contributed by atoms with Crippen LogP contribution in [0, 0.1) is 22.7 Å². The lowest BCUT2D eigenvalue weighted by Gasteiger charge is -2.19. The summed E-state index contributed by atoms with van der Waals surface area (Å²) in [5.74, 6) is 7.22. The van der Waals surface area contributed by atoms with Gasteiger partial charge < -0.3 is 9.75 Å². The Bertz CT molecular complexity index is 989. The maximum Gasteiger partial charge on any atom is 0.119 e. The number of hydrogen-bond donors (Lipinski definition) is 1. The second-order valence-electron chi connectivity index (χ2n) is 6.04. The molecule has 2 N–H and O–H groups in total. The number of hydrogen-bond acceptors (Lipinski definition) is 5. The SMILES string of the molecule is COc1ccc(N(N)Cc2ccc(C#N)cc2)cc1.N#Cc1ccccc1CCl. The molecule has 0 saturated heterocycles. The summed E-state index contributed by atoms with van der Waals surface area (Å²) in [5.41, 5.74) is 4.17. The average molecular weight is 405 g/mol. The van der Waals surface area contributed by atoms with E-state index in [9.17, 15) is 0 Å². The van der Waals surface area contributed by atoms with Crippen molar-refractivity contribution in [2.75, 3.05) is 12.1 Å². The van der Waals surface area contributed by atoms with Crippen molar-refractivity contribution >= 4 is 17.3 Å². The number of rotatable bonds is 5. The van der Waals surface area contributed by atoms with Gasteiger partial charge in [-0.1, -0.05) is 30.3 Å². The molecule has 3 aromatic rings. The summed E-state index contributed by atoms with van der Waals surface area (Å²) >= 11 is 5.56. The number of nitrogens with zero attached hydrogens (tertiary/aromatic N) is 3. The van der Waals surface area contributed by atoms with Crippen LogP contribution in [0.15, 0.2) is 72.8 Å². The Morgan fingerprint density at radius 3 is 2.10 bits per heavy atom. The Morgan fingerprint density at radius 1 is 0.931 bits per heavy atom. The topological polar surface area (TPSA) is 86.1 Å². The van der Waals surface area contributed by atoms with E-state index in [4.69, 9.17) is 32.7 Å². The number of anilines is 1. The molecule has 3 aromatic carbocycles. The number of ether oxygens (including phenoxy) is 1. The standard InChI is InChI=1S/C15H15N3O.C8H6ClN/c1-19-15-8-6-14(7-9-15)18(17)11-13-4-2-12(10-16)3-5-13;9-5-7-3-1-2-4-8(7)6-10/h2-9H,11,17H2,1H3;1-4H,5H2. The first kappa shape index (κ1) is 21.8. The molecule has 0 atom stereocenters. The van der Waals surface area contributed by atoms with Crippen molar-refractivity contribution in [3.8, 4) is 17.9 Å². The van der Waals surface area contributed by atoms with E-state index in [1.54, 1.807) is 30.3 Å². The van der Waals surface area contributed by atoms with Gasteiger partial charge in [-0.25, -0.2) is 5.84 Å². The minimum absolute atomic E-state index is 0.406. The lowest BCUT2D eigenvalue weighted by molar-refractivity contribution is 0.415. The molecule has 0 saturated carbocycles. The van der Waals surface area contributed by atoms with E-state index in [-0.39, 0.29) is 0 Å². The molecule has 6 heteroatoms. The molecule has 0 aliphatic carbocycles. The maximum atomic E-state index is 8.74. The van der Waals surface area contributed by atoms with Crippen molar-refractivity contribution in [3.63, 3.8) is 0 Å². The van der Waals surface area contributed by atoms with Crippen LogP contribution in [-0.4, -0.2) is 7.11 Å². The molecule has 29 heavy (non-hydrogen) atoms. The highest BCUT2D eigenvalue weighted by Crippen LogP contribution is 2.18. The van der Waals surface area contributed by atoms with Crippen LogP contribution < -0.4 is 15.6 Å². The number of nitrogens with two attached hydrogens (primary N) is 1. The van der Waals surface area contributed by atoms with Gasteiger partial charge in [0.15, 0.2) is 0 Å². The molecule has 0 bridgehead atoms. The van der Waals surface area contributed by atoms with E-state index in [1.807, 2.05) is 54.6 Å². The first-order valence-corrected chi connectivity index (χ1v) is 9.34. The van der Waals surface area contributed by atoms with Crippen LogP contribution in [0.1, 0.15) is 22.3 Å². The molecule has 0 heterocycles. The summed E-state index contributed by atoms with van der Waals surface area (Å²) in [6.45, 7) is 0.581. The lowest BCUT2D eigenvalue weighted by Crippen LogP contribution is -2.29. The van der Waals surface area contributed by atoms with Gasteiger partial charge in [-0.3, -0.25) is 0 Å². The molecule has 0 spiro atoms. The van der Waals surface area contributed by atoms with Crippen molar-refractivity contribution in [1.82, 2.24) is 0 Å². The summed E-state index contributed by atoms with van der Waals surface area (Å²) in [7, 11) is 1.63. The van der Waals surface area contributed by atoms with Crippen LogP contribution >= 0.6 is 11.6 Å². The third kappa shape index (κ3) is 6.55. The summed E-state index contributed by atoms with van der Waals surface area (Å²) in [6, 6.07) is 26.4. The molecule has 146 valence electrons. The third-order valence-electron chi connectivity index (χ3n) is 4.12. The quantitative estimate of drug-likeness (QED) is 0.377. The molecule has 3 rings (SSSR count). The zero-order valence-electron chi connectivity index (χ0n) is 16.0. The molecular formula is C23H21ClN4O. The van der Waals surface area contributed by atoms with E-state index in [1.165, 1.54) is 0 Å². The highest BCUT2D eigenvalue weighted by atomic mass is 35.5. The largest absolute Gasteiger partial charge is 0.497 e. The van der Waals surface area contributed by atoms with Gasteiger partial charge in [0.05, 0.1) is 42.6 Å². The van der Waals surface area contributed by atoms with Gasteiger partial charge in [0.1, 0.15) is 5.75 Å². The number of benzene rings is 3. The molecule has 0 aromatic heterocycles. The summed E-state index contributed by atoms with van der Waals surface area (Å²) < 4.78 is 5.10. The zero-order valence-corrected chi connectivity index (χ0v) is 16.8. The van der Waals surface area contributed by atoms with Crippen LogP contribution in [0.2, 0.25) is 0 Å². The van der Waals surface area contributed by atoms with Crippen LogP contribution in [0.5, 0.6) is 5.75 Å². The predicted molar refractivity (Wildman–Crippen MR) is 115 cm³/mol. The van der Waals surface area contributed by atoms with Crippen LogP contribution in [0.25, 0.3) is 0 Å². The van der Waals surface area contributed by atoms with E-state index in [0.717, 1.165) is 22.6 Å². The molecule has 0 unspecified atom stereocenters. The second kappa shape index (κ2) is 11.4. The summed E-state index contributed by atoms with van der Waals surface area (Å²) in [5, 5.41) is 18.9. The molecule has 5 nitrogen and oxygen atoms in total. The number of nitriles is 2. The Morgan fingerprint density at radius 2 is 1.59 bits per heavy atom. The highest BCUT2D eigenvalue weighted by molar-refractivity contribution is 6.17. The molecule has 0 aliphatic heterocycles. The van der Waals surface area contributed by atoms with E-state index >= 15 is 0 Å². The van der Waals surface area contributed by atoms with Crippen LogP contribution in [-0.2, 0) is 12.4 Å². The Labute approximate surface area is 176 Å². The maximum absolute atomic E-state index is 8.74. The van der Waals surface area contributed by atoms with Crippen molar-refractivity contribution in [2.45, 2.75) is 12.4 Å². The average Bonchev–Trinajstić information content (AvgIpc) is 2.80. The fourth-order valence-electron chi connectivity index (χ4n) is 2.49. The first-order chi connectivity index (χ1) is 14.1. The lowest BCUT2D eigenvalue weighted by atomic mass is 10.1. The van der Waals surface area contributed by atoms with Gasteiger partial charge in [-0.2, -0.15) is 10.5 Å². The number of alkyl halides is 1. The van der Waals surface area contributed by atoms with Gasteiger partial charge >= 0.3 is 0 Å². The van der Waals surface area contributed by atoms with Crippen molar-refractivity contribution < 1.29 is 4.74 Å². The van der Waals surface area contributed by atoms with E-state index < -0.39 is 0 Å². The van der Waals surface area contributed by atoms with Crippen molar-refractivity contribution in [2.24, 2.45) is 5.84 Å². The third-order valence-corrected chi connectivity index (χ3v) is 4.41. The minimum Gasteiger partial charge on any atom is -0.497 e. The molecule has 0 radical (unpaired) electrons. The van der Waals surface area contributed by atoms with Gasteiger partial charge in [0, 0.05) is 5.88 Å². The summed E-state index contributed by atoms with van der Waals surface area (Å²) in [4.78, 5) is 0.